The predicted molar refractivity (Wildman–Crippen MR) is 79.8 cm³/mol. The van der Waals surface area contributed by atoms with Crippen LogP contribution in [0.3, 0.4) is 0 Å². The number of rotatable bonds is 3. The normalized spacial score (nSPS) is 13.2. The molecule has 0 saturated heterocycles. The van der Waals surface area contributed by atoms with Gasteiger partial charge in [-0.15, -0.1) is 11.8 Å². The van der Waals surface area contributed by atoms with Crippen molar-refractivity contribution in [1.29, 1.82) is 0 Å². The standard InChI is InChI=1S/C15H12ClNOS/c16-11-6-4-10(5-7-11)9-19-14-3-1-2-13-12(14)8-15(18)17-13/h1-7H,8-9H2,(H,17,18). The van der Waals surface area contributed by atoms with E-state index in [1.54, 1.807) is 11.8 Å². The summed E-state index contributed by atoms with van der Waals surface area (Å²) in [5.74, 6) is 0.955. The Bertz CT molecular complexity index is 625. The monoisotopic (exact) mass is 289 g/mol. The van der Waals surface area contributed by atoms with Crippen LogP contribution in [0.4, 0.5) is 5.69 Å². The number of nitrogens with one attached hydrogen (secondary N) is 1. The zero-order valence-electron chi connectivity index (χ0n) is 10.2. The summed E-state index contributed by atoms with van der Waals surface area (Å²) in [5, 5.41) is 3.63. The number of carbonyl (C=O) groups is 1. The molecule has 0 bridgehead atoms. The first-order chi connectivity index (χ1) is 9.22. The number of hydrogen-bond donors (Lipinski definition) is 1. The van der Waals surface area contributed by atoms with Crippen molar-refractivity contribution in [2.45, 2.75) is 17.1 Å². The summed E-state index contributed by atoms with van der Waals surface area (Å²) in [5.41, 5.74) is 3.29. The summed E-state index contributed by atoms with van der Waals surface area (Å²) in [4.78, 5) is 12.6. The summed E-state index contributed by atoms with van der Waals surface area (Å²) in [7, 11) is 0. The Balaban J connectivity index is 1.76. The molecule has 19 heavy (non-hydrogen) atoms. The topological polar surface area (TPSA) is 29.1 Å². The van der Waals surface area contributed by atoms with E-state index < -0.39 is 0 Å². The highest BCUT2D eigenvalue weighted by Crippen LogP contribution is 2.34. The Morgan fingerprint density at radius 1 is 1.16 bits per heavy atom. The fourth-order valence-electron chi connectivity index (χ4n) is 2.10. The van der Waals surface area contributed by atoms with Crippen molar-refractivity contribution < 1.29 is 4.79 Å². The van der Waals surface area contributed by atoms with Gasteiger partial charge in [0, 0.05) is 21.4 Å². The van der Waals surface area contributed by atoms with Gasteiger partial charge in [-0.05, 0) is 35.4 Å². The molecule has 2 aromatic rings. The van der Waals surface area contributed by atoms with E-state index in [0.717, 1.165) is 22.0 Å². The third-order valence-corrected chi connectivity index (χ3v) is 4.48. The van der Waals surface area contributed by atoms with Gasteiger partial charge < -0.3 is 5.32 Å². The summed E-state index contributed by atoms with van der Waals surface area (Å²) in [6.45, 7) is 0. The quantitative estimate of drug-likeness (QED) is 0.861. The number of anilines is 1. The van der Waals surface area contributed by atoms with Crippen LogP contribution >= 0.6 is 23.4 Å². The first kappa shape index (κ1) is 12.6. The highest BCUT2D eigenvalue weighted by Gasteiger charge is 2.20. The van der Waals surface area contributed by atoms with E-state index in [1.165, 1.54) is 10.5 Å². The van der Waals surface area contributed by atoms with Gasteiger partial charge in [0.25, 0.3) is 0 Å². The molecule has 1 aliphatic rings. The highest BCUT2D eigenvalue weighted by atomic mass is 35.5. The largest absolute Gasteiger partial charge is 0.325 e. The van der Waals surface area contributed by atoms with Gasteiger partial charge in [-0.3, -0.25) is 4.79 Å². The smallest absolute Gasteiger partial charge is 0.228 e. The van der Waals surface area contributed by atoms with E-state index in [1.807, 2.05) is 36.4 Å². The summed E-state index contributed by atoms with van der Waals surface area (Å²) in [6.07, 6.45) is 0.485. The molecule has 1 heterocycles. The molecule has 0 spiro atoms. The fourth-order valence-corrected chi connectivity index (χ4v) is 3.27. The molecular weight excluding hydrogens is 278 g/mol. The lowest BCUT2D eigenvalue weighted by Crippen LogP contribution is -2.03. The van der Waals surface area contributed by atoms with Gasteiger partial charge in [-0.1, -0.05) is 29.8 Å². The van der Waals surface area contributed by atoms with E-state index in [4.69, 9.17) is 11.6 Å². The van der Waals surface area contributed by atoms with Gasteiger partial charge in [0.2, 0.25) is 5.91 Å². The maximum absolute atomic E-state index is 11.4. The van der Waals surface area contributed by atoms with Gasteiger partial charge in [0.1, 0.15) is 0 Å². The number of hydrogen-bond acceptors (Lipinski definition) is 2. The molecule has 4 heteroatoms. The lowest BCUT2D eigenvalue weighted by Gasteiger charge is -2.07. The van der Waals surface area contributed by atoms with Crippen LogP contribution in [-0.2, 0) is 17.0 Å². The Kier molecular flexibility index (Phi) is 3.49. The first-order valence-electron chi connectivity index (χ1n) is 6.01. The van der Waals surface area contributed by atoms with E-state index >= 15 is 0 Å². The molecule has 0 fully saturated rings. The minimum absolute atomic E-state index is 0.0783. The maximum atomic E-state index is 11.4. The third-order valence-electron chi connectivity index (χ3n) is 3.05. The van der Waals surface area contributed by atoms with Gasteiger partial charge in [0.05, 0.1) is 6.42 Å². The number of carbonyl (C=O) groups excluding carboxylic acids is 1. The van der Waals surface area contributed by atoms with E-state index in [2.05, 4.69) is 11.4 Å². The fraction of sp³-hybridized carbons (Fsp3) is 0.133. The average Bonchev–Trinajstić information content (AvgIpc) is 2.79. The molecule has 1 aliphatic heterocycles. The number of benzene rings is 2. The Morgan fingerprint density at radius 2 is 1.95 bits per heavy atom. The van der Waals surface area contributed by atoms with Crippen molar-refractivity contribution in [1.82, 2.24) is 0 Å². The highest BCUT2D eigenvalue weighted by molar-refractivity contribution is 7.98. The van der Waals surface area contributed by atoms with E-state index in [-0.39, 0.29) is 5.91 Å². The number of amides is 1. The lowest BCUT2D eigenvalue weighted by atomic mass is 10.2. The Hall–Kier alpha value is -1.45. The maximum Gasteiger partial charge on any atom is 0.228 e. The van der Waals surface area contributed by atoms with Crippen molar-refractivity contribution >= 4 is 35.0 Å². The number of halogens is 1. The second-order valence-electron chi connectivity index (χ2n) is 4.42. The minimum Gasteiger partial charge on any atom is -0.325 e. The first-order valence-corrected chi connectivity index (χ1v) is 7.38. The molecule has 3 rings (SSSR count). The molecule has 0 atom stereocenters. The lowest BCUT2D eigenvalue weighted by molar-refractivity contribution is -0.115. The third kappa shape index (κ3) is 2.77. The molecule has 0 radical (unpaired) electrons. The van der Waals surface area contributed by atoms with Gasteiger partial charge in [0.15, 0.2) is 0 Å². The van der Waals surface area contributed by atoms with Crippen LogP contribution in [-0.4, -0.2) is 5.91 Å². The summed E-state index contributed by atoms with van der Waals surface area (Å²) in [6, 6.07) is 13.9. The van der Waals surface area contributed by atoms with Crippen molar-refractivity contribution in [3.63, 3.8) is 0 Å². The molecule has 1 amide bonds. The van der Waals surface area contributed by atoms with E-state index in [0.29, 0.717) is 6.42 Å². The van der Waals surface area contributed by atoms with Crippen LogP contribution in [0.2, 0.25) is 5.02 Å². The van der Waals surface area contributed by atoms with Crippen LogP contribution in [0.1, 0.15) is 11.1 Å². The number of fused-ring (bicyclic) bond motifs is 1. The molecule has 0 saturated carbocycles. The molecule has 0 unspecified atom stereocenters. The van der Waals surface area contributed by atoms with Gasteiger partial charge >= 0.3 is 0 Å². The Morgan fingerprint density at radius 3 is 2.74 bits per heavy atom. The molecule has 1 N–H and O–H groups in total. The molecule has 2 aromatic carbocycles. The second-order valence-corrected chi connectivity index (χ2v) is 5.88. The summed E-state index contributed by atoms with van der Waals surface area (Å²) < 4.78 is 0. The average molecular weight is 290 g/mol. The van der Waals surface area contributed by atoms with Gasteiger partial charge in [-0.2, -0.15) is 0 Å². The molecule has 0 aromatic heterocycles. The molecule has 96 valence electrons. The minimum atomic E-state index is 0.0783. The zero-order valence-corrected chi connectivity index (χ0v) is 11.7. The summed E-state index contributed by atoms with van der Waals surface area (Å²) >= 11 is 7.62. The Labute approximate surface area is 121 Å². The molecule has 2 nitrogen and oxygen atoms in total. The van der Waals surface area contributed by atoms with Crippen LogP contribution in [0.5, 0.6) is 0 Å². The van der Waals surface area contributed by atoms with E-state index in [9.17, 15) is 4.79 Å². The van der Waals surface area contributed by atoms with Crippen LogP contribution in [0.25, 0.3) is 0 Å². The van der Waals surface area contributed by atoms with Crippen LogP contribution in [0.15, 0.2) is 47.4 Å². The van der Waals surface area contributed by atoms with Gasteiger partial charge in [-0.25, -0.2) is 0 Å². The van der Waals surface area contributed by atoms with Crippen molar-refractivity contribution in [2.24, 2.45) is 0 Å². The SMILES string of the molecule is O=C1Cc2c(cccc2SCc2ccc(Cl)cc2)N1. The predicted octanol–water partition coefficient (Wildman–Crippen LogP) is 4.13. The van der Waals surface area contributed by atoms with Crippen LogP contribution in [0, 0.1) is 0 Å². The number of thioether (sulfide) groups is 1. The van der Waals surface area contributed by atoms with Crippen molar-refractivity contribution in [2.75, 3.05) is 5.32 Å². The van der Waals surface area contributed by atoms with Crippen LogP contribution < -0.4 is 5.32 Å². The zero-order chi connectivity index (χ0) is 13.2. The molecule has 0 aliphatic carbocycles. The molecular formula is C15H12ClNOS. The second kappa shape index (κ2) is 5.27. The van der Waals surface area contributed by atoms with Crippen molar-refractivity contribution in [3.05, 3.63) is 58.6 Å². The van der Waals surface area contributed by atoms with Crippen molar-refractivity contribution in [3.8, 4) is 0 Å².